The molecule has 6 aromatic heterocycles. The lowest BCUT2D eigenvalue weighted by molar-refractivity contribution is 0.0950. The topological polar surface area (TPSA) is 249 Å². The van der Waals surface area contributed by atoms with E-state index in [1.54, 1.807) is 30.9 Å². The van der Waals surface area contributed by atoms with Crippen molar-refractivity contribution in [2.75, 3.05) is 76.1 Å². The van der Waals surface area contributed by atoms with E-state index in [1.807, 2.05) is 4.90 Å². The summed E-state index contributed by atoms with van der Waals surface area (Å²) < 4.78 is 254. The molecule has 9 aromatic rings. The lowest BCUT2D eigenvalue weighted by atomic mass is 10.0. The van der Waals surface area contributed by atoms with E-state index in [0.717, 1.165) is 68.5 Å². The van der Waals surface area contributed by atoms with Crippen LogP contribution in [0.3, 0.4) is 0 Å². The number of carbonyl (C=O) groups is 3. The van der Waals surface area contributed by atoms with Gasteiger partial charge >= 0.3 is 0 Å². The fraction of sp³-hybridized carbons (Fsp3) is 0.400. The molecular weight excluding hydrogens is 1230 g/mol. The molecule has 3 aliphatic heterocycles. The minimum Gasteiger partial charge on any atom is -0.365 e. The predicted molar refractivity (Wildman–Crippen MR) is 345 cm³/mol. The molecule has 3 saturated heterocycles. The summed E-state index contributed by atoms with van der Waals surface area (Å²) in [6, 6.07) is 6.18. The van der Waals surface area contributed by atoms with Crippen molar-refractivity contribution in [3.8, 4) is 0 Å². The van der Waals surface area contributed by atoms with Crippen molar-refractivity contribution >= 4 is 123 Å². The van der Waals surface area contributed by atoms with Crippen LogP contribution in [0.1, 0.15) is 141 Å². The minimum atomic E-state index is -3.20. The second-order valence-electron chi connectivity index (χ2n) is 19.3. The standard InChI is InChI=1S/C22H27FN6OS.C19H20ClFN6OS.C19H21ClN6OS/c1-13(2)21-28-18-19(25-12-26-22(18)31-21)27-15-6-8-29(9-7-15)11-14-4-5-17(23)16(10-14)20(30)24-3;1-22-17(28)13-8-11(2-3-14(13)21)9-27-6-4-12(5-7-27)25-16-15-18(24-10-23-16)29-19(20)26-15;1-21-17(27)13-4-2-3-12(9-13)10-26-7-5-14(6-8-26)24-16-15-18(23-11-22-16)28-19(20)25-15/h4-5,10,12-13,15H,6-9,11H2,1-3H3,(H,24,30)(H,25,26,27);2-3,8,10,12H,4-7,9H2,1H3,(H,22,28)(H,23,24,25);2-4,9,11,14H,5-8,10H2,1H3,(H,21,27)(H,22,23,24)/i3D3,11D,12D,13D,15D;1D3,4D2,5D2,9D,10D,12D;1D3,10D,14D/hD6. The first-order valence-electron chi connectivity index (χ1n) is 40.2. The molecule has 3 amide bonds. The van der Waals surface area contributed by atoms with Crippen LogP contribution in [-0.2, 0) is 19.6 Å². The van der Waals surface area contributed by atoms with Crippen molar-refractivity contribution in [2.45, 2.75) is 95.8 Å². The molecule has 12 rings (SSSR count). The van der Waals surface area contributed by atoms with Crippen molar-refractivity contribution in [1.29, 1.82) is 0 Å². The number of carbonyl (C=O) groups excluding carboxylic acids is 3. The van der Waals surface area contributed by atoms with Crippen molar-refractivity contribution in [2.24, 2.45) is 0 Å². The lowest BCUT2D eigenvalue weighted by Crippen LogP contribution is -2.38. The van der Waals surface area contributed by atoms with E-state index in [4.69, 9.17) is 61.8 Å². The number of halogens is 4. The average Bonchev–Trinajstić information content (AvgIpc) is 0.916. The molecule has 0 radical (unpaired) electrons. The van der Waals surface area contributed by atoms with Gasteiger partial charge in [0.2, 0.25) is 0 Å². The number of thiazole rings is 3. The van der Waals surface area contributed by atoms with Crippen LogP contribution < -0.4 is 31.9 Å². The summed E-state index contributed by atoms with van der Waals surface area (Å²) in [6.45, 7) is -10.0. The van der Waals surface area contributed by atoms with Gasteiger partial charge in [0.05, 0.1) is 20.2 Å². The normalized spacial score (nSPS) is 24.0. The van der Waals surface area contributed by atoms with Crippen LogP contribution in [-0.4, -0.2) is 156 Å². The molecule has 0 spiro atoms. The van der Waals surface area contributed by atoms with Gasteiger partial charge in [-0.25, -0.2) is 53.6 Å². The Kier molecular flexibility index (Phi) is 12.5. The molecule has 6 N–H and O–H groups in total. The van der Waals surface area contributed by atoms with Crippen molar-refractivity contribution in [1.82, 2.24) is 75.5 Å². The predicted octanol–water partition coefficient (Wildman–Crippen LogP) is 10.3. The number of likely N-dealkylation sites (tertiary alicyclic amines) is 3. The summed E-state index contributed by atoms with van der Waals surface area (Å²) in [5, 5.41) is 1.82. The monoisotopic (exact) mass is 1320 g/mol. The number of rotatable bonds is 16. The summed E-state index contributed by atoms with van der Waals surface area (Å²) >= 11 is 15.1. The number of fused-ring (bicyclic) bond motifs is 3. The molecular formula is C60H68Cl2F2N18O3S3. The van der Waals surface area contributed by atoms with Gasteiger partial charge in [0.25, 0.3) is 17.7 Å². The fourth-order valence-electron chi connectivity index (χ4n) is 8.79. The van der Waals surface area contributed by atoms with Gasteiger partial charge in [-0.3, -0.25) is 29.1 Å². The third kappa shape index (κ3) is 16.3. The van der Waals surface area contributed by atoms with E-state index in [2.05, 4.69) is 44.9 Å². The van der Waals surface area contributed by atoms with Crippen LogP contribution in [0.15, 0.2) is 79.6 Å². The van der Waals surface area contributed by atoms with Crippen molar-refractivity contribution in [3.05, 3.63) is 139 Å². The molecule has 3 aromatic carbocycles. The summed E-state index contributed by atoms with van der Waals surface area (Å²) in [6.07, 6.45) is -4.73. The Balaban J connectivity index is 0.000000184. The van der Waals surface area contributed by atoms with Crippen LogP contribution >= 0.6 is 57.2 Å². The third-order valence-electron chi connectivity index (χ3n) is 13.1. The number of benzene rings is 3. The summed E-state index contributed by atoms with van der Waals surface area (Å²) in [4.78, 5) is 79.2. The van der Waals surface area contributed by atoms with Crippen LogP contribution in [0, 0.1) is 11.6 Å². The van der Waals surface area contributed by atoms with Crippen molar-refractivity contribution < 1.29 is 61.8 Å². The van der Waals surface area contributed by atoms with Gasteiger partial charge in [0, 0.05) is 133 Å². The quantitative estimate of drug-likeness (QED) is 0.0526. The number of nitrogens with one attached hydrogen (secondary N) is 6. The van der Waals surface area contributed by atoms with E-state index < -0.39 is 148 Å². The molecule has 28 heteroatoms. The summed E-state index contributed by atoms with van der Waals surface area (Å²) in [7, 11) is 0. The van der Waals surface area contributed by atoms with E-state index >= 15 is 0 Å². The molecule has 3 atom stereocenters. The number of nitrogens with zero attached hydrogens (tertiary/aromatic N) is 12. The smallest absolute Gasteiger partial charge is 0.254 e. The molecule has 88 heavy (non-hydrogen) atoms. The Morgan fingerprint density at radius 3 is 1.60 bits per heavy atom. The van der Waals surface area contributed by atoms with E-state index in [1.165, 1.54) is 35.9 Å². The highest BCUT2D eigenvalue weighted by molar-refractivity contribution is 7.22. The molecule has 0 bridgehead atoms. The summed E-state index contributed by atoms with van der Waals surface area (Å²) in [5.74, 6) is -7.39. The van der Waals surface area contributed by atoms with Gasteiger partial charge in [-0.15, -0.1) is 0 Å². The number of aromatic nitrogens is 9. The minimum absolute atomic E-state index is 0.00441. The Hall–Kier alpha value is -7.30. The molecule has 9 heterocycles. The maximum absolute atomic E-state index is 14.4. The van der Waals surface area contributed by atoms with Crippen molar-refractivity contribution in [3.63, 3.8) is 0 Å². The van der Waals surface area contributed by atoms with Gasteiger partial charge < -0.3 is 31.9 Å². The zero-order valence-electron chi connectivity index (χ0n) is 74.2. The molecule has 3 aliphatic rings. The third-order valence-corrected chi connectivity index (χ3v) is 16.4. The van der Waals surface area contributed by atoms with Gasteiger partial charge in [-0.1, -0.05) is 95.3 Å². The Morgan fingerprint density at radius 2 is 1.08 bits per heavy atom. The number of piperidine rings is 3. The van der Waals surface area contributed by atoms with Crippen LogP contribution in [0.25, 0.3) is 31.0 Å². The maximum atomic E-state index is 14.4. The second-order valence-corrected chi connectivity index (χ2v) is 23.4. The van der Waals surface area contributed by atoms with Crippen LogP contribution in [0.5, 0.6) is 0 Å². The summed E-state index contributed by atoms with van der Waals surface area (Å²) in [5.41, 5.74) is -0.468. The maximum Gasteiger partial charge on any atom is 0.254 e. The zero-order valence-corrected chi connectivity index (χ0v) is 50.1. The molecule has 0 saturated carbocycles. The van der Waals surface area contributed by atoms with E-state index in [9.17, 15) is 23.2 Å². The molecule has 0 aliphatic carbocycles. The van der Waals surface area contributed by atoms with Gasteiger partial charge in [-0.05, 0) is 91.5 Å². The fourth-order valence-corrected chi connectivity index (χ4v) is 11.5. The van der Waals surface area contributed by atoms with Gasteiger partial charge in [-0.2, -0.15) is 0 Å². The highest BCUT2D eigenvalue weighted by atomic mass is 35.5. The van der Waals surface area contributed by atoms with E-state index in [0.29, 0.717) is 38.8 Å². The number of anilines is 3. The van der Waals surface area contributed by atoms with Gasteiger partial charge in [0.1, 0.15) is 64.4 Å². The van der Waals surface area contributed by atoms with Crippen LogP contribution in [0.4, 0.5) is 26.2 Å². The van der Waals surface area contributed by atoms with Crippen LogP contribution in [0.2, 0.25) is 17.4 Å². The molecule has 3 unspecified atom stereocenters. The molecule has 3 fully saturated rings. The first-order chi connectivity index (χ1) is 53.5. The molecule has 21 nitrogen and oxygen atoms in total. The number of hydrogen-bond donors (Lipinski definition) is 6. The largest absolute Gasteiger partial charge is 0.365 e. The number of hydrogen-bond acceptors (Lipinski definition) is 21. The number of amides is 3. The highest BCUT2D eigenvalue weighted by Gasteiger charge is 2.26. The Bertz CT molecular complexity index is 5140. The zero-order chi connectivity index (χ0) is 86.2. The first-order valence-corrected chi connectivity index (χ1v) is 29.5. The van der Waals surface area contributed by atoms with E-state index in [-0.39, 0.29) is 114 Å². The first kappa shape index (κ1) is 37.0. The second kappa shape index (κ2) is 29.8. The highest BCUT2D eigenvalue weighted by Crippen LogP contribution is 2.33. The average molecular weight is 1320 g/mol. The van der Waals surface area contributed by atoms with Gasteiger partial charge in [0.15, 0.2) is 34.9 Å². The molecule has 462 valence electrons. The Labute approximate surface area is 569 Å². The Morgan fingerprint density at radius 1 is 0.625 bits per heavy atom. The lowest BCUT2D eigenvalue weighted by Gasteiger charge is -2.32. The SMILES string of the molecule is [2H]C(c1cccc(C(=O)N([2H])C([2H])([2H])[2H])c1)N1CCC([2H])(N([2H])c2ncnc3sc(Cl)nc23)CC1.[2H]c1nc(N([2H])C2([2H])C([2H])([2H])CN(C([2H])c3ccc(F)c(C(=O)N([2H])C([2H])([2H])[2H])c3)CC2([2H])[2H])c2nc(Cl)sc2n1.[2H]c1nc(N([2H])C2([2H])CCN(C([2H])c3ccc(F)c(C(=O)N([2H])C([2H])([2H])[2H])c3)CC2)c2nc(C([2H])(C)C)sc2n1.